The predicted octanol–water partition coefficient (Wildman–Crippen LogP) is 2.47. The quantitative estimate of drug-likeness (QED) is 0.676. The predicted molar refractivity (Wildman–Crippen MR) is 93.0 cm³/mol. The molecule has 128 valence electrons. The standard InChI is InChI=1S/C16H20N4O3S/c1-2-23-16(22)6-5-15(21)20-14-10-13(18-11-19-14)17-8-7-12-4-3-9-24-12/h3-4,9-11H,2,5-8H2,1H3,(H2,17,18,19,20,21). The van der Waals surface area contributed by atoms with Crippen LogP contribution in [0.4, 0.5) is 11.6 Å². The highest BCUT2D eigenvalue weighted by Crippen LogP contribution is 2.12. The number of thiophene rings is 1. The minimum absolute atomic E-state index is 0.0523. The zero-order chi connectivity index (χ0) is 17.2. The van der Waals surface area contributed by atoms with Gasteiger partial charge in [-0.05, 0) is 24.8 Å². The van der Waals surface area contributed by atoms with E-state index >= 15 is 0 Å². The van der Waals surface area contributed by atoms with Crippen LogP contribution in [-0.4, -0.2) is 35.0 Å². The molecule has 0 radical (unpaired) electrons. The fraction of sp³-hybridized carbons (Fsp3) is 0.375. The number of hydrogen-bond acceptors (Lipinski definition) is 7. The van der Waals surface area contributed by atoms with E-state index in [0.29, 0.717) is 18.2 Å². The van der Waals surface area contributed by atoms with Crippen LogP contribution in [0.3, 0.4) is 0 Å². The van der Waals surface area contributed by atoms with Crippen molar-refractivity contribution in [2.75, 3.05) is 23.8 Å². The van der Waals surface area contributed by atoms with Crippen molar-refractivity contribution in [3.63, 3.8) is 0 Å². The summed E-state index contributed by atoms with van der Waals surface area (Å²) in [5.41, 5.74) is 0. The molecule has 0 bridgehead atoms. The van der Waals surface area contributed by atoms with Crippen LogP contribution < -0.4 is 10.6 Å². The SMILES string of the molecule is CCOC(=O)CCC(=O)Nc1cc(NCCc2cccs2)ncn1. The van der Waals surface area contributed by atoms with Crippen molar-refractivity contribution in [1.82, 2.24) is 9.97 Å². The number of nitrogens with one attached hydrogen (secondary N) is 2. The first-order valence-corrected chi connectivity index (χ1v) is 8.59. The molecule has 2 N–H and O–H groups in total. The summed E-state index contributed by atoms with van der Waals surface area (Å²) in [4.78, 5) is 32.5. The van der Waals surface area contributed by atoms with Gasteiger partial charge in [-0.3, -0.25) is 9.59 Å². The Labute approximate surface area is 144 Å². The third-order valence-corrected chi connectivity index (χ3v) is 3.99. The molecule has 2 heterocycles. The molecule has 0 aromatic carbocycles. The molecule has 0 spiro atoms. The number of hydrogen-bond donors (Lipinski definition) is 2. The van der Waals surface area contributed by atoms with Crippen molar-refractivity contribution in [2.45, 2.75) is 26.2 Å². The molecule has 0 aliphatic heterocycles. The lowest BCUT2D eigenvalue weighted by Gasteiger charge is -2.07. The maximum absolute atomic E-state index is 11.8. The topological polar surface area (TPSA) is 93.2 Å². The summed E-state index contributed by atoms with van der Waals surface area (Å²) in [7, 11) is 0. The Hall–Kier alpha value is -2.48. The van der Waals surface area contributed by atoms with Gasteiger partial charge >= 0.3 is 5.97 Å². The summed E-state index contributed by atoms with van der Waals surface area (Å²) in [6, 6.07) is 5.77. The van der Waals surface area contributed by atoms with E-state index in [9.17, 15) is 9.59 Å². The van der Waals surface area contributed by atoms with Gasteiger partial charge in [0, 0.05) is 23.9 Å². The summed E-state index contributed by atoms with van der Waals surface area (Å²) in [6.45, 7) is 2.78. The van der Waals surface area contributed by atoms with Crippen molar-refractivity contribution < 1.29 is 14.3 Å². The molecule has 0 saturated heterocycles. The van der Waals surface area contributed by atoms with Gasteiger partial charge in [0.15, 0.2) is 0 Å². The number of rotatable bonds is 9. The Morgan fingerprint density at radius 1 is 1.25 bits per heavy atom. The zero-order valence-corrected chi connectivity index (χ0v) is 14.3. The summed E-state index contributed by atoms with van der Waals surface area (Å²) in [5.74, 6) is 0.372. The average Bonchev–Trinajstić information content (AvgIpc) is 3.07. The number of nitrogens with zero attached hydrogens (tertiary/aromatic N) is 2. The molecule has 0 unspecified atom stereocenters. The third-order valence-electron chi connectivity index (χ3n) is 3.05. The summed E-state index contributed by atoms with van der Waals surface area (Å²) < 4.78 is 4.78. The van der Waals surface area contributed by atoms with Crippen LogP contribution in [0.25, 0.3) is 0 Å². The number of aromatic nitrogens is 2. The highest BCUT2D eigenvalue weighted by molar-refractivity contribution is 7.09. The van der Waals surface area contributed by atoms with Crippen LogP contribution in [-0.2, 0) is 20.7 Å². The van der Waals surface area contributed by atoms with Crippen molar-refractivity contribution in [1.29, 1.82) is 0 Å². The Balaban J connectivity index is 1.77. The highest BCUT2D eigenvalue weighted by atomic mass is 32.1. The first-order valence-electron chi connectivity index (χ1n) is 7.71. The lowest BCUT2D eigenvalue weighted by molar-refractivity contribution is -0.144. The van der Waals surface area contributed by atoms with Gasteiger partial charge in [0.1, 0.15) is 18.0 Å². The second-order valence-corrected chi connectivity index (χ2v) is 5.93. The lowest BCUT2D eigenvalue weighted by atomic mass is 10.3. The Kier molecular flexibility index (Phi) is 7.16. The number of carbonyl (C=O) groups excluding carboxylic acids is 2. The fourth-order valence-corrected chi connectivity index (χ4v) is 2.65. The van der Waals surface area contributed by atoms with Crippen molar-refractivity contribution in [2.24, 2.45) is 0 Å². The van der Waals surface area contributed by atoms with E-state index in [1.165, 1.54) is 11.2 Å². The maximum atomic E-state index is 11.8. The number of ether oxygens (including phenoxy) is 1. The van der Waals surface area contributed by atoms with Crippen LogP contribution in [0.1, 0.15) is 24.6 Å². The van der Waals surface area contributed by atoms with Gasteiger partial charge in [0.05, 0.1) is 13.0 Å². The van der Waals surface area contributed by atoms with E-state index in [1.807, 2.05) is 11.4 Å². The van der Waals surface area contributed by atoms with Gasteiger partial charge in [0.25, 0.3) is 0 Å². The fourth-order valence-electron chi connectivity index (χ4n) is 1.95. The number of amides is 1. The first-order chi connectivity index (χ1) is 11.7. The normalized spacial score (nSPS) is 10.2. The molecule has 2 aromatic heterocycles. The van der Waals surface area contributed by atoms with E-state index in [0.717, 1.165) is 13.0 Å². The first kappa shape index (κ1) is 17.9. The minimum atomic E-state index is -0.383. The van der Waals surface area contributed by atoms with Gasteiger partial charge in [-0.25, -0.2) is 9.97 Å². The molecule has 0 saturated carbocycles. The van der Waals surface area contributed by atoms with Crippen LogP contribution in [0.15, 0.2) is 29.9 Å². The van der Waals surface area contributed by atoms with E-state index in [1.54, 1.807) is 24.3 Å². The Morgan fingerprint density at radius 2 is 2.08 bits per heavy atom. The second kappa shape index (κ2) is 9.61. The highest BCUT2D eigenvalue weighted by Gasteiger charge is 2.09. The van der Waals surface area contributed by atoms with Gasteiger partial charge in [-0.15, -0.1) is 11.3 Å². The Morgan fingerprint density at radius 3 is 2.83 bits per heavy atom. The van der Waals surface area contributed by atoms with Crippen molar-refractivity contribution in [3.8, 4) is 0 Å². The van der Waals surface area contributed by atoms with Gasteiger partial charge < -0.3 is 15.4 Å². The zero-order valence-electron chi connectivity index (χ0n) is 13.4. The molecule has 2 aromatic rings. The van der Waals surface area contributed by atoms with E-state index in [2.05, 4.69) is 26.7 Å². The largest absolute Gasteiger partial charge is 0.466 e. The van der Waals surface area contributed by atoms with Gasteiger partial charge in [0.2, 0.25) is 5.91 Å². The number of carbonyl (C=O) groups is 2. The summed E-state index contributed by atoms with van der Waals surface area (Å²) in [6.07, 6.45) is 2.40. The molecule has 0 atom stereocenters. The maximum Gasteiger partial charge on any atom is 0.306 e. The van der Waals surface area contributed by atoms with E-state index in [-0.39, 0.29) is 24.7 Å². The molecule has 2 rings (SSSR count). The summed E-state index contributed by atoms with van der Waals surface area (Å²) in [5, 5.41) is 7.89. The molecule has 0 fully saturated rings. The average molecular weight is 348 g/mol. The molecular weight excluding hydrogens is 328 g/mol. The molecule has 8 heteroatoms. The molecule has 7 nitrogen and oxygen atoms in total. The minimum Gasteiger partial charge on any atom is -0.466 e. The van der Waals surface area contributed by atoms with Crippen LogP contribution in [0.2, 0.25) is 0 Å². The van der Waals surface area contributed by atoms with Crippen LogP contribution >= 0.6 is 11.3 Å². The molecule has 0 aliphatic rings. The van der Waals surface area contributed by atoms with Crippen LogP contribution in [0.5, 0.6) is 0 Å². The number of anilines is 2. The monoisotopic (exact) mass is 348 g/mol. The Bertz CT molecular complexity index is 661. The number of esters is 1. The smallest absolute Gasteiger partial charge is 0.306 e. The third kappa shape index (κ3) is 6.33. The molecule has 24 heavy (non-hydrogen) atoms. The van der Waals surface area contributed by atoms with Crippen LogP contribution in [0, 0.1) is 0 Å². The molecule has 0 aliphatic carbocycles. The molecule has 1 amide bonds. The second-order valence-electron chi connectivity index (χ2n) is 4.90. The van der Waals surface area contributed by atoms with E-state index in [4.69, 9.17) is 4.74 Å². The van der Waals surface area contributed by atoms with Gasteiger partial charge in [-0.2, -0.15) is 0 Å². The van der Waals surface area contributed by atoms with Gasteiger partial charge in [-0.1, -0.05) is 6.07 Å². The molecular formula is C16H20N4O3S. The van der Waals surface area contributed by atoms with Crippen molar-refractivity contribution >= 4 is 34.8 Å². The van der Waals surface area contributed by atoms with Crippen molar-refractivity contribution in [3.05, 3.63) is 34.8 Å². The lowest BCUT2D eigenvalue weighted by Crippen LogP contribution is -2.16. The summed E-state index contributed by atoms with van der Waals surface area (Å²) >= 11 is 1.71. The van der Waals surface area contributed by atoms with E-state index < -0.39 is 0 Å².